The summed E-state index contributed by atoms with van der Waals surface area (Å²) in [5, 5.41) is 3.36. The molecule has 5 heteroatoms. The van der Waals surface area contributed by atoms with E-state index in [9.17, 15) is 4.79 Å². The Labute approximate surface area is 149 Å². The number of aryl methyl sites for hydroxylation is 2. The lowest BCUT2D eigenvalue weighted by Gasteiger charge is -2.36. The number of benzene rings is 1. The van der Waals surface area contributed by atoms with E-state index >= 15 is 0 Å². The molecule has 1 aliphatic rings. The lowest BCUT2D eigenvalue weighted by Crippen LogP contribution is -2.49. The van der Waals surface area contributed by atoms with Crippen LogP contribution < -0.4 is 10.1 Å². The molecule has 1 aliphatic heterocycles. The van der Waals surface area contributed by atoms with Gasteiger partial charge in [0, 0.05) is 32.0 Å². The van der Waals surface area contributed by atoms with Crippen molar-refractivity contribution < 1.29 is 9.53 Å². The van der Waals surface area contributed by atoms with Gasteiger partial charge < -0.3 is 15.0 Å². The molecule has 1 aromatic heterocycles. The van der Waals surface area contributed by atoms with Crippen LogP contribution >= 0.6 is 0 Å². The Kier molecular flexibility index (Phi) is 5.66. The van der Waals surface area contributed by atoms with Gasteiger partial charge in [-0.2, -0.15) is 0 Å². The van der Waals surface area contributed by atoms with Gasteiger partial charge in [-0.05, 0) is 48.7 Å². The topological polar surface area (TPSA) is 54.5 Å². The van der Waals surface area contributed by atoms with Gasteiger partial charge in [-0.25, -0.2) is 0 Å². The van der Waals surface area contributed by atoms with Gasteiger partial charge in [0.15, 0.2) is 0 Å². The van der Waals surface area contributed by atoms with Gasteiger partial charge in [-0.1, -0.05) is 12.1 Å². The van der Waals surface area contributed by atoms with E-state index in [-0.39, 0.29) is 11.9 Å². The molecular weight excluding hydrogens is 314 g/mol. The van der Waals surface area contributed by atoms with Gasteiger partial charge in [-0.3, -0.25) is 9.78 Å². The minimum atomic E-state index is 0.0385. The first-order valence-electron chi connectivity index (χ1n) is 8.75. The van der Waals surface area contributed by atoms with Crippen LogP contribution in [0.5, 0.6) is 5.75 Å². The normalized spacial score (nSPS) is 17.4. The zero-order chi connectivity index (χ0) is 17.6. The number of amides is 1. The molecule has 0 aliphatic carbocycles. The molecule has 1 aromatic carbocycles. The van der Waals surface area contributed by atoms with E-state index in [1.807, 2.05) is 41.4 Å². The predicted octanol–water partition coefficient (Wildman–Crippen LogP) is 2.64. The second-order valence-electron chi connectivity index (χ2n) is 6.44. The number of rotatable bonds is 5. The zero-order valence-corrected chi connectivity index (χ0v) is 14.9. The van der Waals surface area contributed by atoms with Crippen LogP contribution in [0, 0.1) is 13.8 Å². The Morgan fingerprint density at radius 3 is 2.96 bits per heavy atom. The van der Waals surface area contributed by atoms with Crippen molar-refractivity contribution in [1.29, 1.82) is 0 Å². The SMILES string of the molecule is Cc1ccc(OCCC(=O)N2CCNCC2c2cccnc2)cc1C. The van der Waals surface area contributed by atoms with E-state index in [0.717, 1.165) is 24.4 Å². The first-order valence-corrected chi connectivity index (χ1v) is 8.75. The Bertz CT molecular complexity index is 718. The summed E-state index contributed by atoms with van der Waals surface area (Å²) in [4.78, 5) is 18.8. The first kappa shape index (κ1) is 17.4. The van der Waals surface area contributed by atoms with Crippen LogP contribution in [0.15, 0.2) is 42.7 Å². The van der Waals surface area contributed by atoms with Crippen molar-refractivity contribution in [2.75, 3.05) is 26.2 Å². The Morgan fingerprint density at radius 2 is 2.20 bits per heavy atom. The van der Waals surface area contributed by atoms with Crippen LogP contribution in [0.1, 0.15) is 29.2 Å². The third-order valence-corrected chi connectivity index (χ3v) is 4.70. The molecule has 2 aromatic rings. The fraction of sp³-hybridized carbons (Fsp3) is 0.400. The molecule has 0 radical (unpaired) electrons. The number of hydrogen-bond acceptors (Lipinski definition) is 4. The zero-order valence-electron chi connectivity index (χ0n) is 14.9. The van der Waals surface area contributed by atoms with Gasteiger partial charge in [0.2, 0.25) is 5.91 Å². The van der Waals surface area contributed by atoms with Gasteiger partial charge >= 0.3 is 0 Å². The van der Waals surface area contributed by atoms with Crippen LogP contribution in [-0.4, -0.2) is 42.0 Å². The standard InChI is InChI=1S/C20H25N3O2/c1-15-5-6-18(12-16(15)2)25-11-7-20(24)23-10-9-22-14-19(23)17-4-3-8-21-13-17/h3-6,8,12-13,19,22H,7,9-11,14H2,1-2H3. The molecule has 0 spiro atoms. The van der Waals surface area contributed by atoms with Crippen molar-refractivity contribution in [3.05, 3.63) is 59.4 Å². The maximum Gasteiger partial charge on any atom is 0.226 e. The summed E-state index contributed by atoms with van der Waals surface area (Å²) < 4.78 is 5.77. The van der Waals surface area contributed by atoms with E-state index in [1.165, 1.54) is 11.1 Å². The van der Waals surface area contributed by atoms with Crippen molar-refractivity contribution in [1.82, 2.24) is 15.2 Å². The molecule has 0 bridgehead atoms. The highest BCUT2D eigenvalue weighted by Gasteiger charge is 2.27. The number of ether oxygens (including phenoxy) is 1. The Morgan fingerprint density at radius 1 is 1.32 bits per heavy atom. The van der Waals surface area contributed by atoms with Crippen molar-refractivity contribution in [3.63, 3.8) is 0 Å². The minimum absolute atomic E-state index is 0.0385. The molecule has 1 saturated heterocycles. The molecule has 0 saturated carbocycles. The van der Waals surface area contributed by atoms with Crippen molar-refractivity contribution in [3.8, 4) is 5.75 Å². The van der Waals surface area contributed by atoms with Crippen molar-refractivity contribution in [2.45, 2.75) is 26.3 Å². The minimum Gasteiger partial charge on any atom is -0.493 e. The summed E-state index contributed by atoms with van der Waals surface area (Å²) in [5.74, 6) is 0.944. The third-order valence-electron chi connectivity index (χ3n) is 4.70. The van der Waals surface area contributed by atoms with Crippen LogP contribution in [0.4, 0.5) is 0 Å². The number of nitrogens with zero attached hydrogens (tertiary/aromatic N) is 2. The van der Waals surface area contributed by atoms with Gasteiger partial charge in [0.1, 0.15) is 5.75 Å². The fourth-order valence-electron chi connectivity index (χ4n) is 3.08. The summed E-state index contributed by atoms with van der Waals surface area (Å²) >= 11 is 0. The highest BCUT2D eigenvalue weighted by atomic mass is 16.5. The number of pyridine rings is 1. The predicted molar refractivity (Wildman–Crippen MR) is 97.6 cm³/mol. The lowest BCUT2D eigenvalue weighted by atomic mass is 10.0. The largest absolute Gasteiger partial charge is 0.493 e. The molecule has 1 amide bonds. The molecule has 5 nitrogen and oxygen atoms in total. The number of carbonyl (C=O) groups is 1. The quantitative estimate of drug-likeness (QED) is 0.910. The lowest BCUT2D eigenvalue weighted by molar-refractivity contribution is -0.135. The van der Waals surface area contributed by atoms with Crippen molar-refractivity contribution in [2.24, 2.45) is 0 Å². The van der Waals surface area contributed by atoms with Gasteiger partial charge in [-0.15, -0.1) is 0 Å². The number of piperazine rings is 1. The van der Waals surface area contributed by atoms with Crippen LogP contribution in [0.25, 0.3) is 0 Å². The molecule has 3 rings (SSSR count). The van der Waals surface area contributed by atoms with E-state index in [2.05, 4.69) is 24.1 Å². The Balaban J connectivity index is 1.58. The first-order chi connectivity index (χ1) is 12.1. The summed E-state index contributed by atoms with van der Waals surface area (Å²) in [6.45, 7) is 6.82. The molecule has 2 heterocycles. The number of nitrogens with one attached hydrogen (secondary N) is 1. The second kappa shape index (κ2) is 8.12. The van der Waals surface area contributed by atoms with Crippen molar-refractivity contribution >= 4 is 5.91 Å². The molecule has 1 N–H and O–H groups in total. The molecular formula is C20H25N3O2. The van der Waals surface area contributed by atoms with E-state index in [4.69, 9.17) is 4.74 Å². The highest BCUT2D eigenvalue weighted by molar-refractivity contribution is 5.77. The summed E-state index contributed by atoms with van der Waals surface area (Å²) in [6.07, 6.45) is 3.97. The second-order valence-corrected chi connectivity index (χ2v) is 6.44. The smallest absolute Gasteiger partial charge is 0.226 e. The number of hydrogen-bond donors (Lipinski definition) is 1. The maximum atomic E-state index is 12.7. The van der Waals surface area contributed by atoms with E-state index < -0.39 is 0 Å². The Hall–Kier alpha value is -2.40. The average molecular weight is 339 g/mol. The molecule has 1 unspecified atom stereocenters. The fourth-order valence-corrected chi connectivity index (χ4v) is 3.08. The summed E-state index contributed by atoms with van der Waals surface area (Å²) in [5.41, 5.74) is 3.50. The number of aromatic nitrogens is 1. The summed E-state index contributed by atoms with van der Waals surface area (Å²) in [6, 6.07) is 9.99. The monoisotopic (exact) mass is 339 g/mol. The van der Waals surface area contributed by atoms with E-state index in [0.29, 0.717) is 19.6 Å². The third kappa shape index (κ3) is 4.37. The van der Waals surface area contributed by atoms with E-state index in [1.54, 1.807) is 6.20 Å². The van der Waals surface area contributed by atoms with Crippen LogP contribution in [0.3, 0.4) is 0 Å². The number of carbonyl (C=O) groups excluding carboxylic acids is 1. The summed E-state index contributed by atoms with van der Waals surface area (Å²) in [7, 11) is 0. The van der Waals surface area contributed by atoms with Gasteiger partial charge in [0.25, 0.3) is 0 Å². The molecule has 1 fully saturated rings. The molecule has 25 heavy (non-hydrogen) atoms. The molecule has 132 valence electrons. The maximum absolute atomic E-state index is 12.7. The van der Waals surface area contributed by atoms with Crippen LogP contribution in [-0.2, 0) is 4.79 Å². The van der Waals surface area contributed by atoms with Gasteiger partial charge in [0.05, 0.1) is 19.1 Å². The highest BCUT2D eigenvalue weighted by Crippen LogP contribution is 2.22. The average Bonchev–Trinajstić information content (AvgIpc) is 2.65. The van der Waals surface area contributed by atoms with Crippen LogP contribution in [0.2, 0.25) is 0 Å². The molecule has 1 atom stereocenters.